The van der Waals surface area contributed by atoms with Crippen molar-refractivity contribution in [3.05, 3.63) is 16.9 Å². The molecule has 1 fully saturated rings. The van der Waals surface area contributed by atoms with E-state index in [1.54, 1.807) is 6.20 Å². The van der Waals surface area contributed by atoms with E-state index in [0.29, 0.717) is 5.02 Å². The largest absolute Gasteiger partial charge is 0.386 e. The molecule has 0 spiro atoms. The molecule has 1 aliphatic heterocycles. The van der Waals surface area contributed by atoms with Crippen LogP contribution in [-0.4, -0.2) is 28.0 Å². The van der Waals surface area contributed by atoms with Gasteiger partial charge in [-0.1, -0.05) is 11.6 Å². The Morgan fingerprint density at radius 1 is 1.59 bits per heavy atom. The van der Waals surface area contributed by atoms with Crippen molar-refractivity contribution < 1.29 is 5.11 Å². The van der Waals surface area contributed by atoms with Gasteiger partial charge in [-0.15, -0.1) is 0 Å². The van der Waals surface area contributed by atoms with E-state index in [1.165, 1.54) is 0 Å². The van der Waals surface area contributed by atoms with E-state index in [1.807, 2.05) is 18.5 Å². The molecule has 2 heterocycles. The average Bonchev–Trinajstić information content (AvgIpc) is 2.71. The number of aromatic nitrogens is 2. The van der Waals surface area contributed by atoms with Crippen molar-refractivity contribution in [1.29, 1.82) is 0 Å². The Labute approximate surface area is 107 Å². The number of piperidine rings is 1. The summed E-state index contributed by atoms with van der Waals surface area (Å²) in [6.45, 7) is 5.97. The van der Waals surface area contributed by atoms with Gasteiger partial charge < -0.3 is 10.4 Å². The maximum atomic E-state index is 10.5. The molecule has 2 N–H and O–H groups in total. The van der Waals surface area contributed by atoms with E-state index in [-0.39, 0.29) is 12.0 Å². The van der Waals surface area contributed by atoms with Crippen LogP contribution in [0.25, 0.3) is 0 Å². The van der Waals surface area contributed by atoms with Gasteiger partial charge in [-0.25, -0.2) is 0 Å². The van der Waals surface area contributed by atoms with Gasteiger partial charge >= 0.3 is 0 Å². The predicted molar refractivity (Wildman–Crippen MR) is 68.2 cm³/mol. The molecule has 0 bridgehead atoms. The fraction of sp³-hybridized carbons (Fsp3) is 0.750. The number of aliphatic hydroxyl groups excluding tert-OH is 1. The van der Waals surface area contributed by atoms with Crippen LogP contribution in [0.5, 0.6) is 0 Å². The second-order valence-electron chi connectivity index (χ2n) is 4.97. The van der Waals surface area contributed by atoms with Crippen molar-refractivity contribution in [2.45, 2.75) is 38.8 Å². The SMILES string of the molecule is CC(C)n1ncc(Cl)c1C(O)C1CCCNC1. The van der Waals surface area contributed by atoms with E-state index >= 15 is 0 Å². The van der Waals surface area contributed by atoms with Gasteiger partial charge in [0.25, 0.3) is 0 Å². The molecule has 1 aliphatic rings. The number of nitrogens with zero attached hydrogens (tertiary/aromatic N) is 2. The van der Waals surface area contributed by atoms with Crippen LogP contribution in [0.15, 0.2) is 6.20 Å². The third-order valence-electron chi connectivity index (χ3n) is 3.34. The Morgan fingerprint density at radius 2 is 2.35 bits per heavy atom. The molecule has 5 heteroatoms. The summed E-state index contributed by atoms with van der Waals surface area (Å²) < 4.78 is 1.82. The molecule has 1 aromatic heterocycles. The smallest absolute Gasteiger partial charge is 0.101 e. The molecule has 4 nitrogen and oxygen atoms in total. The van der Waals surface area contributed by atoms with E-state index in [9.17, 15) is 5.11 Å². The Bertz CT molecular complexity index is 372. The van der Waals surface area contributed by atoms with Crippen LogP contribution >= 0.6 is 11.6 Å². The first-order valence-corrected chi connectivity index (χ1v) is 6.60. The number of halogens is 1. The second-order valence-corrected chi connectivity index (χ2v) is 5.37. The molecule has 1 saturated heterocycles. The highest BCUT2D eigenvalue weighted by atomic mass is 35.5. The first kappa shape index (κ1) is 12.9. The van der Waals surface area contributed by atoms with Crippen molar-refractivity contribution >= 4 is 11.6 Å². The van der Waals surface area contributed by atoms with Crippen molar-refractivity contribution in [3.8, 4) is 0 Å². The minimum atomic E-state index is -0.528. The maximum Gasteiger partial charge on any atom is 0.101 e. The Kier molecular flexibility index (Phi) is 4.07. The highest BCUT2D eigenvalue weighted by Gasteiger charge is 2.28. The van der Waals surface area contributed by atoms with E-state index < -0.39 is 6.10 Å². The van der Waals surface area contributed by atoms with Crippen molar-refractivity contribution in [2.24, 2.45) is 5.92 Å². The molecule has 0 saturated carbocycles. The molecule has 2 unspecified atom stereocenters. The van der Waals surface area contributed by atoms with Crippen molar-refractivity contribution in [3.63, 3.8) is 0 Å². The maximum absolute atomic E-state index is 10.5. The van der Waals surface area contributed by atoms with Gasteiger partial charge in [-0.3, -0.25) is 4.68 Å². The minimum Gasteiger partial charge on any atom is -0.386 e. The summed E-state index contributed by atoms with van der Waals surface area (Å²) >= 11 is 6.14. The lowest BCUT2D eigenvalue weighted by atomic mass is 9.92. The zero-order chi connectivity index (χ0) is 12.4. The predicted octanol–water partition coefficient (Wildman–Crippen LogP) is 2.15. The highest BCUT2D eigenvalue weighted by Crippen LogP contribution is 2.32. The van der Waals surface area contributed by atoms with Crippen LogP contribution in [0.3, 0.4) is 0 Å². The third kappa shape index (κ3) is 2.64. The Morgan fingerprint density at radius 3 is 2.94 bits per heavy atom. The van der Waals surface area contributed by atoms with E-state index in [2.05, 4.69) is 10.4 Å². The third-order valence-corrected chi connectivity index (χ3v) is 3.63. The van der Waals surface area contributed by atoms with Crippen molar-refractivity contribution in [2.75, 3.05) is 13.1 Å². The molecule has 96 valence electrons. The fourth-order valence-corrected chi connectivity index (χ4v) is 2.65. The van der Waals surface area contributed by atoms with Crippen LogP contribution in [-0.2, 0) is 0 Å². The van der Waals surface area contributed by atoms with Gasteiger partial charge in [0.2, 0.25) is 0 Å². The van der Waals surface area contributed by atoms with Gasteiger partial charge in [0.05, 0.1) is 16.9 Å². The molecule has 0 radical (unpaired) electrons. The molecule has 2 atom stereocenters. The zero-order valence-electron chi connectivity index (χ0n) is 10.4. The van der Waals surface area contributed by atoms with Crippen molar-refractivity contribution in [1.82, 2.24) is 15.1 Å². The number of rotatable bonds is 3. The Balaban J connectivity index is 2.22. The number of aliphatic hydroxyl groups is 1. The summed E-state index contributed by atoms with van der Waals surface area (Å²) in [5, 5.41) is 18.6. The molecule has 17 heavy (non-hydrogen) atoms. The van der Waals surface area contributed by atoms with E-state index in [0.717, 1.165) is 31.6 Å². The molecule has 2 rings (SSSR count). The van der Waals surface area contributed by atoms with Crippen LogP contribution < -0.4 is 5.32 Å². The summed E-state index contributed by atoms with van der Waals surface area (Å²) in [7, 11) is 0. The minimum absolute atomic E-state index is 0.212. The number of hydrogen-bond donors (Lipinski definition) is 2. The van der Waals surface area contributed by atoms with Gasteiger partial charge in [-0.2, -0.15) is 5.10 Å². The quantitative estimate of drug-likeness (QED) is 0.872. The fourth-order valence-electron chi connectivity index (χ4n) is 2.41. The zero-order valence-corrected chi connectivity index (χ0v) is 11.1. The van der Waals surface area contributed by atoms with Gasteiger partial charge in [-0.05, 0) is 33.2 Å². The lowest BCUT2D eigenvalue weighted by molar-refractivity contribution is 0.0827. The lowest BCUT2D eigenvalue weighted by Gasteiger charge is -2.28. The molecule has 1 aromatic rings. The number of hydrogen-bond acceptors (Lipinski definition) is 3. The topological polar surface area (TPSA) is 50.1 Å². The van der Waals surface area contributed by atoms with Gasteiger partial charge in [0.1, 0.15) is 6.10 Å². The second kappa shape index (κ2) is 5.38. The highest BCUT2D eigenvalue weighted by molar-refractivity contribution is 6.31. The summed E-state index contributed by atoms with van der Waals surface area (Å²) in [6, 6.07) is 0.212. The summed E-state index contributed by atoms with van der Waals surface area (Å²) in [6.07, 6.45) is 3.24. The van der Waals surface area contributed by atoms with Crippen LogP contribution in [0.1, 0.15) is 44.5 Å². The summed E-state index contributed by atoms with van der Waals surface area (Å²) in [5.74, 6) is 0.232. The van der Waals surface area contributed by atoms with Gasteiger partial charge in [0, 0.05) is 18.5 Å². The molecule has 0 aliphatic carbocycles. The summed E-state index contributed by atoms with van der Waals surface area (Å²) in [5.41, 5.74) is 0.760. The monoisotopic (exact) mass is 257 g/mol. The van der Waals surface area contributed by atoms with Gasteiger partial charge in [0.15, 0.2) is 0 Å². The normalized spacial score (nSPS) is 23.0. The summed E-state index contributed by atoms with van der Waals surface area (Å²) in [4.78, 5) is 0. The molecule has 0 amide bonds. The van der Waals surface area contributed by atoms with Crippen LogP contribution in [0, 0.1) is 5.92 Å². The standard InChI is InChI=1S/C12H20ClN3O/c1-8(2)16-11(10(13)7-15-16)12(17)9-4-3-5-14-6-9/h7-9,12,14,17H,3-6H2,1-2H3. The van der Waals surface area contributed by atoms with Crippen LogP contribution in [0.4, 0.5) is 0 Å². The molecular weight excluding hydrogens is 238 g/mol. The molecular formula is C12H20ClN3O. The van der Waals surface area contributed by atoms with E-state index in [4.69, 9.17) is 11.6 Å². The van der Waals surface area contributed by atoms with Crippen LogP contribution in [0.2, 0.25) is 5.02 Å². The number of nitrogens with one attached hydrogen (secondary N) is 1. The molecule has 0 aromatic carbocycles. The Hall–Kier alpha value is -0.580. The first-order chi connectivity index (χ1) is 8.11. The average molecular weight is 258 g/mol. The lowest BCUT2D eigenvalue weighted by Crippen LogP contribution is -2.34. The first-order valence-electron chi connectivity index (χ1n) is 6.23.